The largest absolute Gasteiger partial charge is 0.456 e. The molecule has 0 aromatic heterocycles. The topological polar surface area (TPSA) is 76.1 Å². The van der Waals surface area contributed by atoms with Crippen LogP contribution in [-0.4, -0.2) is 5.91 Å². The number of amides is 1. The Hall–Kier alpha value is -2.80. The van der Waals surface area contributed by atoms with Crippen LogP contribution in [0.5, 0.6) is 11.5 Å². The molecule has 0 saturated carbocycles. The van der Waals surface area contributed by atoms with Crippen LogP contribution in [0.4, 0.5) is 0 Å². The number of carbonyl (C=O) groups excluding carboxylic acids is 1. The van der Waals surface area contributed by atoms with Crippen LogP contribution in [-0.2, 0) is 0 Å². The van der Waals surface area contributed by atoms with E-state index in [4.69, 9.17) is 15.7 Å². The smallest absolute Gasteiger partial charge is 0.248 e. The first-order valence-electron chi connectivity index (χ1n) is 5.68. The fraction of sp³-hybridized carbons (Fsp3) is 0.0667. The minimum Gasteiger partial charge on any atom is -0.456 e. The molecule has 0 unspecified atom stereocenters. The molecular weight excluding hydrogens is 240 g/mol. The van der Waals surface area contributed by atoms with Gasteiger partial charge >= 0.3 is 0 Å². The van der Waals surface area contributed by atoms with Crippen molar-refractivity contribution in [2.45, 2.75) is 6.92 Å². The van der Waals surface area contributed by atoms with Crippen LogP contribution >= 0.6 is 0 Å². The summed E-state index contributed by atoms with van der Waals surface area (Å²) in [6, 6.07) is 13.9. The highest BCUT2D eigenvalue weighted by molar-refractivity contribution is 5.92. The van der Waals surface area contributed by atoms with Crippen molar-refractivity contribution in [3.8, 4) is 17.6 Å². The van der Waals surface area contributed by atoms with Crippen molar-refractivity contribution in [1.29, 1.82) is 5.26 Å². The molecule has 0 fully saturated rings. The van der Waals surface area contributed by atoms with Crippen LogP contribution < -0.4 is 10.5 Å². The van der Waals surface area contributed by atoms with Gasteiger partial charge in [0.05, 0.1) is 5.56 Å². The van der Waals surface area contributed by atoms with Gasteiger partial charge in [0.1, 0.15) is 17.6 Å². The number of nitriles is 1. The highest BCUT2D eigenvalue weighted by Crippen LogP contribution is 2.26. The molecule has 4 heteroatoms. The van der Waals surface area contributed by atoms with Gasteiger partial charge in [0.25, 0.3) is 0 Å². The van der Waals surface area contributed by atoms with Crippen molar-refractivity contribution in [3.63, 3.8) is 0 Å². The molecule has 1 amide bonds. The lowest BCUT2D eigenvalue weighted by Gasteiger charge is -2.08. The van der Waals surface area contributed by atoms with Gasteiger partial charge in [0, 0.05) is 5.56 Å². The Balaban J connectivity index is 2.28. The second kappa shape index (κ2) is 5.23. The molecule has 0 atom stereocenters. The van der Waals surface area contributed by atoms with Crippen molar-refractivity contribution in [2.24, 2.45) is 5.73 Å². The highest BCUT2D eigenvalue weighted by Gasteiger charge is 2.06. The molecule has 0 radical (unpaired) electrons. The zero-order chi connectivity index (χ0) is 13.8. The van der Waals surface area contributed by atoms with Crippen LogP contribution in [0.3, 0.4) is 0 Å². The molecule has 2 aromatic carbocycles. The minimum atomic E-state index is -0.486. The summed E-state index contributed by atoms with van der Waals surface area (Å²) in [5.41, 5.74) is 7.04. The van der Waals surface area contributed by atoms with Gasteiger partial charge in [-0.05, 0) is 48.9 Å². The van der Waals surface area contributed by atoms with E-state index in [1.807, 2.05) is 13.0 Å². The van der Waals surface area contributed by atoms with Gasteiger partial charge in [0.15, 0.2) is 0 Å². The maximum atomic E-state index is 11.0. The third-order valence-electron chi connectivity index (χ3n) is 2.62. The maximum Gasteiger partial charge on any atom is 0.248 e. The molecule has 2 rings (SSSR count). The predicted molar refractivity (Wildman–Crippen MR) is 70.9 cm³/mol. The van der Waals surface area contributed by atoms with Gasteiger partial charge < -0.3 is 10.5 Å². The maximum absolute atomic E-state index is 11.0. The Bertz CT molecular complexity index is 655. The molecule has 0 aliphatic rings. The van der Waals surface area contributed by atoms with Crippen molar-refractivity contribution in [1.82, 2.24) is 0 Å². The molecular formula is C15H12N2O2. The standard InChI is InChI=1S/C15H12N2O2/c1-10-2-3-12(9-16)14(8-10)19-13-6-4-11(5-7-13)15(17)18/h2-8H,1H3,(H2,17,18). The number of rotatable bonds is 3. The van der Waals surface area contributed by atoms with Crippen molar-refractivity contribution < 1.29 is 9.53 Å². The molecule has 2 N–H and O–H groups in total. The van der Waals surface area contributed by atoms with E-state index in [0.717, 1.165) is 5.56 Å². The Morgan fingerprint density at radius 3 is 2.47 bits per heavy atom. The van der Waals surface area contributed by atoms with Gasteiger partial charge in [-0.15, -0.1) is 0 Å². The number of ether oxygens (including phenoxy) is 1. The van der Waals surface area contributed by atoms with E-state index in [0.29, 0.717) is 22.6 Å². The predicted octanol–water partition coefficient (Wildman–Crippen LogP) is 2.76. The van der Waals surface area contributed by atoms with Crippen molar-refractivity contribution >= 4 is 5.91 Å². The Morgan fingerprint density at radius 2 is 1.89 bits per heavy atom. The van der Waals surface area contributed by atoms with Gasteiger partial charge in [-0.3, -0.25) is 4.79 Å². The summed E-state index contributed by atoms with van der Waals surface area (Å²) in [4.78, 5) is 11.0. The number of primary amides is 1. The van der Waals surface area contributed by atoms with Crippen LogP contribution in [0, 0.1) is 18.3 Å². The van der Waals surface area contributed by atoms with E-state index in [1.165, 1.54) is 0 Å². The summed E-state index contributed by atoms with van der Waals surface area (Å²) >= 11 is 0. The summed E-state index contributed by atoms with van der Waals surface area (Å²) in [6.07, 6.45) is 0. The lowest BCUT2D eigenvalue weighted by molar-refractivity contribution is 0.100. The number of hydrogen-bond donors (Lipinski definition) is 1. The average molecular weight is 252 g/mol. The number of benzene rings is 2. The third-order valence-corrected chi connectivity index (χ3v) is 2.62. The van der Waals surface area contributed by atoms with Crippen LogP contribution in [0.2, 0.25) is 0 Å². The normalized spacial score (nSPS) is 9.68. The summed E-state index contributed by atoms with van der Waals surface area (Å²) in [5.74, 6) is 0.557. The number of nitrogens with two attached hydrogens (primary N) is 1. The van der Waals surface area contributed by atoms with E-state index in [2.05, 4.69) is 6.07 Å². The summed E-state index contributed by atoms with van der Waals surface area (Å²) in [7, 11) is 0. The third kappa shape index (κ3) is 2.90. The van der Waals surface area contributed by atoms with Gasteiger partial charge in [-0.25, -0.2) is 0 Å². The number of carbonyl (C=O) groups is 1. The molecule has 19 heavy (non-hydrogen) atoms. The Labute approximate surface area is 111 Å². The summed E-state index contributed by atoms with van der Waals surface area (Å²) in [6.45, 7) is 1.92. The molecule has 0 heterocycles. The molecule has 0 spiro atoms. The average Bonchev–Trinajstić information content (AvgIpc) is 2.39. The van der Waals surface area contributed by atoms with Crippen molar-refractivity contribution in [3.05, 3.63) is 59.2 Å². The quantitative estimate of drug-likeness (QED) is 0.912. The molecule has 0 aliphatic heterocycles. The van der Waals surface area contributed by atoms with Crippen LogP contribution in [0.25, 0.3) is 0 Å². The lowest BCUT2D eigenvalue weighted by atomic mass is 10.1. The van der Waals surface area contributed by atoms with Crippen LogP contribution in [0.1, 0.15) is 21.5 Å². The molecule has 94 valence electrons. The Kier molecular flexibility index (Phi) is 3.48. The number of nitrogens with zero attached hydrogens (tertiary/aromatic N) is 1. The van der Waals surface area contributed by atoms with E-state index in [1.54, 1.807) is 36.4 Å². The lowest BCUT2D eigenvalue weighted by Crippen LogP contribution is -2.10. The minimum absolute atomic E-state index is 0.414. The van der Waals surface area contributed by atoms with E-state index in [9.17, 15) is 4.79 Å². The van der Waals surface area contributed by atoms with Crippen molar-refractivity contribution in [2.75, 3.05) is 0 Å². The zero-order valence-electron chi connectivity index (χ0n) is 10.4. The first-order chi connectivity index (χ1) is 9.10. The molecule has 2 aromatic rings. The summed E-state index contributed by atoms with van der Waals surface area (Å²) < 4.78 is 5.64. The van der Waals surface area contributed by atoms with Gasteiger partial charge in [-0.2, -0.15) is 5.26 Å². The summed E-state index contributed by atoms with van der Waals surface area (Å²) in [5, 5.41) is 9.01. The first-order valence-corrected chi connectivity index (χ1v) is 5.68. The molecule has 0 bridgehead atoms. The van der Waals surface area contributed by atoms with Gasteiger partial charge in [-0.1, -0.05) is 6.07 Å². The molecule has 0 aliphatic carbocycles. The fourth-order valence-corrected chi connectivity index (χ4v) is 1.62. The fourth-order valence-electron chi connectivity index (χ4n) is 1.62. The first kappa shape index (κ1) is 12.7. The monoisotopic (exact) mass is 252 g/mol. The highest BCUT2D eigenvalue weighted by atomic mass is 16.5. The molecule has 0 saturated heterocycles. The Morgan fingerprint density at radius 1 is 1.21 bits per heavy atom. The van der Waals surface area contributed by atoms with Crippen LogP contribution in [0.15, 0.2) is 42.5 Å². The second-order valence-electron chi connectivity index (χ2n) is 4.10. The SMILES string of the molecule is Cc1ccc(C#N)c(Oc2ccc(C(N)=O)cc2)c1. The van der Waals surface area contributed by atoms with E-state index in [-0.39, 0.29) is 0 Å². The number of aryl methyl sites for hydroxylation is 1. The zero-order valence-corrected chi connectivity index (χ0v) is 10.4. The van der Waals surface area contributed by atoms with E-state index < -0.39 is 5.91 Å². The van der Waals surface area contributed by atoms with Gasteiger partial charge in [0.2, 0.25) is 5.91 Å². The second-order valence-corrected chi connectivity index (χ2v) is 4.10. The number of hydrogen-bond acceptors (Lipinski definition) is 3. The molecule has 4 nitrogen and oxygen atoms in total. The van der Waals surface area contributed by atoms with E-state index >= 15 is 0 Å².